The number of benzene rings is 2. The molecule has 2 aromatic carbocycles. The minimum absolute atomic E-state index is 0.0956. The van der Waals surface area contributed by atoms with Gasteiger partial charge in [-0.25, -0.2) is 0 Å². The summed E-state index contributed by atoms with van der Waals surface area (Å²) in [5.74, 6) is 0.229. The van der Waals surface area contributed by atoms with Crippen LogP contribution in [0.1, 0.15) is 40.3 Å². The zero-order valence-electron chi connectivity index (χ0n) is 18.9. The van der Waals surface area contributed by atoms with Crippen LogP contribution in [0.25, 0.3) is 5.69 Å². The lowest BCUT2D eigenvalue weighted by Crippen LogP contribution is -2.29. The molecule has 1 aliphatic heterocycles. The molecule has 4 aromatic rings. The Bertz CT molecular complexity index is 1310. The third kappa shape index (κ3) is 3.76. The average molecular weight is 455 g/mol. The first-order valence-corrected chi connectivity index (χ1v) is 11.4. The van der Waals surface area contributed by atoms with E-state index < -0.39 is 0 Å². The lowest BCUT2D eigenvalue weighted by Gasteiger charge is -2.28. The third-order valence-corrected chi connectivity index (χ3v) is 6.59. The smallest absolute Gasteiger partial charge is 0.174 e. The number of aromatic nitrogens is 2. The van der Waals surface area contributed by atoms with Gasteiger partial charge >= 0.3 is 0 Å². The predicted molar refractivity (Wildman–Crippen MR) is 136 cm³/mol. The fraction of sp³-hybridized carbons (Fsp3) is 0.185. The van der Waals surface area contributed by atoms with Gasteiger partial charge < -0.3 is 19.9 Å². The van der Waals surface area contributed by atoms with Crippen molar-refractivity contribution in [2.75, 3.05) is 4.90 Å². The summed E-state index contributed by atoms with van der Waals surface area (Å²) in [6.45, 7) is 6.41. The van der Waals surface area contributed by atoms with Gasteiger partial charge in [-0.3, -0.25) is 4.98 Å². The van der Waals surface area contributed by atoms with Gasteiger partial charge in [0.15, 0.2) is 5.11 Å². The molecule has 5 rings (SSSR count). The number of thiocarbonyl (C=S) groups is 1. The molecule has 1 aliphatic rings. The number of phenols is 1. The molecule has 0 saturated carbocycles. The van der Waals surface area contributed by atoms with Crippen LogP contribution in [0.5, 0.6) is 5.75 Å². The maximum atomic E-state index is 9.83. The van der Waals surface area contributed by atoms with Gasteiger partial charge in [0.25, 0.3) is 0 Å². The largest absolute Gasteiger partial charge is 0.508 e. The molecule has 2 atom stereocenters. The quantitative estimate of drug-likeness (QED) is 0.389. The van der Waals surface area contributed by atoms with Gasteiger partial charge in [-0.2, -0.15) is 0 Å². The Morgan fingerprint density at radius 2 is 1.70 bits per heavy atom. The maximum absolute atomic E-state index is 9.83. The summed E-state index contributed by atoms with van der Waals surface area (Å²) in [6, 6.07) is 23.7. The lowest BCUT2D eigenvalue weighted by molar-refractivity contribution is 0.475. The molecular weight excluding hydrogens is 428 g/mol. The average Bonchev–Trinajstić information content (AvgIpc) is 3.30. The van der Waals surface area contributed by atoms with Gasteiger partial charge in [0.2, 0.25) is 0 Å². The molecule has 0 aliphatic carbocycles. The van der Waals surface area contributed by atoms with Crippen molar-refractivity contribution in [3.8, 4) is 11.4 Å². The topological polar surface area (TPSA) is 53.3 Å². The first kappa shape index (κ1) is 21.2. The fourth-order valence-corrected chi connectivity index (χ4v) is 5.16. The van der Waals surface area contributed by atoms with Crippen molar-refractivity contribution < 1.29 is 5.11 Å². The van der Waals surface area contributed by atoms with Crippen LogP contribution in [0, 0.1) is 20.8 Å². The van der Waals surface area contributed by atoms with Gasteiger partial charge in [0.05, 0.1) is 17.8 Å². The van der Waals surface area contributed by atoms with Crippen molar-refractivity contribution in [2.45, 2.75) is 32.9 Å². The molecule has 2 N–H and O–H groups in total. The molecule has 33 heavy (non-hydrogen) atoms. The zero-order chi connectivity index (χ0) is 23.1. The number of aromatic hydroxyl groups is 1. The van der Waals surface area contributed by atoms with Crippen LogP contribution in [0.4, 0.5) is 5.69 Å². The van der Waals surface area contributed by atoms with Gasteiger partial charge in [0.1, 0.15) is 5.75 Å². The number of pyridine rings is 1. The second-order valence-corrected chi connectivity index (χ2v) is 8.90. The van der Waals surface area contributed by atoms with Crippen LogP contribution in [-0.4, -0.2) is 19.8 Å². The van der Waals surface area contributed by atoms with Gasteiger partial charge in [-0.15, -0.1) is 0 Å². The second-order valence-electron chi connectivity index (χ2n) is 8.51. The Kier molecular flexibility index (Phi) is 5.38. The summed E-state index contributed by atoms with van der Waals surface area (Å²) in [6.07, 6.45) is 1.82. The number of aryl methyl sites for hydroxylation is 2. The molecular formula is C27H26N4OS. The van der Waals surface area contributed by atoms with E-state index in [0.29, 0.717) is 5.11 Å². The summed E-state index contributed by atoms with van der Waals surface area (Å²) in [5, 5.41) is 14.0. The lowest BCUT2D eigenvalue weighted by atomic mass is 9.96. The molecule has 1 fully saturated rings. The summed E-state index contributed by atoms with van der Waals surface area (Å²) < 4.78 is 2.30. The molecule has 166 valence electrons. The number of rotatable bonds is 4. The predicted octanol–water partition coefficient (Wildman–Crippen LogP) is 5.68. The first-order valence-electron chi connectivity index (χ1n) is 11.0. The van der Waals surface area contributed by atoms with E-state index in [4.69, 9.17) is 12.2 Å². The van der Waals surface area contributed by atoms with E-state index >= 15 is 0 Å². The monoisotopic (exact) mass is 454 g/mol. The standard InChI is InChI=1S/C27H26N4OS/c1-17-7-6-8-21(15-17)30-18(2)16-23(19(30)3)26-25(24-9-4-5-14-28-24)29-27(33)31(26)20-10-12-22(32)13-11-20/h4-16,25-26,32H,1-3H3,(H,29,33). The Morgan fingerprint density at radius 3 is 2.39 bits per heavy atom. The molecule has 0 spiro atoms. The highest BCUT2D eigenvalue weighted by atomic mass is 32.1. The van der Waals surface area contributed by atoms with E-state index in [1.807, 2.05) is 36.5 Å². The molecule has 6 heteroatoms. The molecule has 2 aromatic heterocycles. The summed E-state index contributed by atoms with van der Waals surface area (Å²) >= 11 is 5.82. The van der Waals surface area contributed by atoms with E-state index in [-0.39, 0.29) is 17.8 Å². The van der Waals surface area contributed by atoms with Crippen molar-refractivity contribution in [1.29, 1.82) is 0 Å². The molecule has 5 nitrogen and oxygen atoms in total. The van der Waals surface area contributed by atoms with Gasteiger partial charge in [-0.1, -0.05) is 18.2 Å². The number of phenolic OH excluding ortho intramolecular Hbond substituents is 1. The van der Waals surface area contributed by atoms with E-state index in [1.54, 1.807) is 12.1 Å². The van der Waals surface area contributed by atoms with Gasteiger partial charge in [0, 0.05) is 29.0 Å². The molecule has 3 heterocycles. The Balaban J connectivity index is 1.68. The molecule has 0 bridgehead atoms. The highest BCUT2D eigenvalue weighted by Gasteiger charge is 2.42. The Morgan fingerprint density at radius 1 is 0.909 bits per heavy atom. The summed E-state index contributed by atoms with van der Waals surface area (Å²) in [5.41, 5.74) is 7.75. The summed E-state index contributed by atoms with van der Waals surface area (Å²) in [4.78, 5) is 6.78. The van der Waals surface area contributed by atoms with E-state index in [0.717, 1.165) is 22.8 Å². The van der Waals surface area contributed by atoms with Crippen LogP contribution in [0.15, 0.2) is 79.0 Å². The molecule has 0 amide bonds. The van der Waals surface area contributed by atoms with E-state index in [2.05, 4.69) is 70.9 Å². The molecule has 0 radical (unpaired) electrons. The van der Waals surface area contributed by atoms with E-state index in [9.17, 15) is 5.11 Å². The zero-order valence-corrected chi connectivity index (χ0v) is 19.7. The van der Waals surface area contributed by atoms with Crippen LogP contribution in [0.3, 0.4) is 0 Å². The number of hydrogen-bond acceptors (Lipinski definition) is 3. The number of nitrogens with zero attached hydrogens (tertiary/aromatic N) is 3. The third-order valence-electron chi connectivity index (χ3n) is 6.27. The number of anilines is 1. The van der Waals surface area contributed by atoms with Crippen molar-refractivity contribution in [3.05, 3.63) is 107 Å². The first-order chi connectivity index (χ1) is 15.9. The molecule has 1 saturated heterocycles. The normalized spacial score (nSPS) is 17.9. The van der Waals surface area contributed by atoms with Crippen LogP contribution >= 0.6 is 12.2 Å². The second kappa shape index (κ2) is 8.37. The minimum atomic E-state index is -0.112. The van der Waals surface area contributed by atoms with Crippen LogP contribution in [-0.2, 0) is 0 Å². The highest BCUT2D eigenvalue weighted by molar-refractivity contribution is 7.80. The van der Waals surface area contributed by atoms with Crippen molar-refractivity contribution in [3.63, 3.8) is 0 Å². The van der Waals surface area contributed by atoms with Crippen LogP contribution in [0.2, 0.25) is 0 Å². The highest BCUT2D eigenvalue weighted by Crippen LogP contribution is 2.43. The van der Waals surface area contributed by atoms with Crippen LogP contribution < -0.4 is 10.2 Å². The Hall–Kier alpha value is -3.64. The molecule has 2 unspecified atom stereocenters. The number of hydrogen-bond donors (Lipinski definition) is 2. The Labute approximate surface area is 199 Å². The van der Waals surface area contributed by atoms with Crippen molar-refractivity contribution in [2.24, 2.45) is 0 Å². The fourth-order valence-electron chi connectivity index (χ4n) is 4.81. The van der Waals surface area contributed by atoms with Gasteiger partial charge in [-0.05, 0) is 98.7 Å². The SMILES string of the molecule is Cc1cccc(-n2c(C)cc(C3C(c4ccccn4)NC(=S)N3c3ccc(O)cc3)c2C)c1. The van der Waals surface area contributed by atoms with E-state index in [1.165, 1.54) is 16.8 Å². The van der Waals surface area contributed by atoms with Crippen molar-refractivity contribution >= 4 is 23.0 Å². The summed E-state index contributed by atoms with van der Waals surface area (Å²) in [7, 11) is 0. The van der Waals surface area contributed by atoms with Crippen molar-refractivity contribution in [1.82, 2.24) is 14.9 Å². The minimum Gasteiger partial charge on any atom is -0.508 e. The number of nitrogens with one attached hydrogen (secondary N) is 1. The maximum Gasteiger partial charge on any atom is 0.174 e.